The van der Waals surface area contributed by atoms with Crippen LogP contribution >= 0.6 is 0 Å². The summed E-state index contributed by atoms with van der Waals surface area (Å²) in [6.07, 6.45) is 6.25. The Morgan fingerprint density at radius 1 is 1.24 bits per heavy atom. The fourth-order valence-corrected chi connectivity index (χ4v) is 2.36. The van der Waals surface area contributed by atoms with Gasteiger partial charge in [0.15, 0.2) is 0 Å². The van der Waals surface area contributed by atoms with E-state index in [9.17, 15) is 9.90 Å². The van der Waals surface area contributed by atoms with Crippen molar-refractivity contribution in [2.45, 2.75) is 44.6 Å². The van der Waals surface area contributed by atoms with Gasteiger partial charge < -0.3 is 15.2 Å². The summed E-state index contributed by atoms with van der Waals surface area (Å²) >= 11 is 0. The van der Waals surface area contributed by atoms with E-state index in [0.717, 1.165) is 32.3 Å². The highest BCUT2D eigenvalue weighted by Crippen LogP contribution is 2.28. The first-order chi connectivity index (χ1) is 8.24. The third-order valence-electron chi connectivity index (χ3n) is 3.63. The smallest absolute Gasteiger partial charge is 0.246 e. The molecule has 0 aromatic carbocycles. The summed E-state index contributed by atoms with van der Waals surface area (Å²) in [4.78, 5) is 11.5. The highest BCUT2D eigenvalue weighted by Gasteiger charge is 2.22. The third-order valence-corrected chi connectivity index (χ3v) is 3.63. The molecule has 0 radical (unpaired) electrons. The number of carbonyl (C=O) groups is 1. The first kappa shape index (κ1) is 12.8. The summed E-state index contributed by atoms with van der Waals surface area (Å²) < 4.78 is 5.32. The molecule has 1 amide bonds. The Labute approximate surface area is 103 Å². The van der Waals surface area contributed by atoms with Crippen molar-refractivity contribution in [3.63, 3.8) is 0 Å². The lowest BCUT2D eigenvalue weighted by atomic mass is 9.87. The molecule has 17 heavy (non-hydrogen) atoms. The number of nitrogens with one attached hydrogen (secondary N) is 1. The van der Waals surface area contributed by atoms with Crippen molar-refractivity contribution < 1.29 is 14.6 Å². The number of aliphatic hydroxyl groups excluding tert-OH is 1. The quantitative estimate of drug-likeness (QED) is 0.731. The Balaban J connectivity index is 1.52. The molecule has 2 aliphatic rings. The van der Waals surface area contributed by atoms with Gasteiger partial charge in [-0.05, 0) is 43.9 Å². The molecule has 0 aromatic rings. The second kappa shape index (κ2) is 6.36. The molecule has 2 aliphatic carbocycles. The van der Waals surface area contributed by atoms with Crippen LogP contribution in [0.5, 0.6) is 0 Å². The van der Waals surface area contributed by atoms with Gasteiger partial charge in [-0.1, -0.05) is 6.42 Å². The van der Waals surface area contributed by atoms with E-state index in [1.165, 1.54) is 12.8 Å². The SMILES string of the molecule is O=C(COCC1CC1)NCC1CCCC(O)C1. The summed E-state index contributed by atoms with van der Waals surface area (Å²) in [5.41, 5.74) is 0. The second-order valence-corrected chi connectivity index (χ2v) is 5.45. The zero-order valence-corrected chi connectivity index (χ0v) is 10.4. The predicted octanol–water partition coefficient (Wildman–Crippen LogP) is 1.08. The summed E-state index contributed by atoms with van der Waals surface area (Å²) in [5.74, 6) is 1.12. The number of amides is 1. The maximum Gasteiger partial charge on any atom is 0.246 e. The van der Waals surface area contributed by atoms with Crippen LogP contribution in [0, 0.1) is 11.8 Å². The topological polar surface area (TPSA) is 58.6 Å². The Morgan fingerprint density at radius 2 is 2.06 bits per heavy atom. The lowest BCUT2D eigenvalue weighted by molar-refractivity contribution is -0.126. The minimum Gasteiger partial charge on any atom is -0.393 e. The number of aliphatic hydroxyl groups is 1. The number of rotatable bonds is 6. The van der Waals surface area contributed by atoms with Gasteiger partial charge in [0.2, 0.25) is 5.91 Å². The largest absolute Gasteiger partial charge is 0.393 e. The molecule has 2 saturated carbocycles. The molecule has 2 unspecified atom stereocenters. The van der Waals surface area contributed by atoms with Crippen molar-refractivity contribution in [1.29, 1.82) is 0 Å². The molecule has 4 nitrogen and oxygen atoms in total. The molecular weight excluding hydrogens is 218 g/mol. The fourth-order valence-electron chi connectivity index (χ4n) is 2.36. The molecule has 0 saturated heterocycles. The molecule has 98 valence electrons. The standard InChI is InChI=1S/C13H23NO3/c15-12-3-1-2-11(6-12)7-14-13(16)9-17-8-10-4-5-10/h10-12,15H,1-9H2,(H,14,16). The zero-order valence-electron chi connectivity index (χ0n) is 10.4. The molecule has 0 spiro atoms. The van der Waals surface area contributed by atoms with E-state index in [-0.39, 0.29) is 18.6 Å². The van der Waals surface area contributed by atoms with E-state index in [2.05, 4.69) is 5.32 Å². The van der Waals surface area contributed by atoms with Crippen LogP contribution < -0.4 is 5.32 Å². The highest BCUT2D eigenvalue weighted by atomic mass is 16.5. The molecular formula is C13H23NO3. The van der Waals surface area contributed by atoms with Crippen molar-refractivity contribution >= 4 is 5.91 Å². The molecule has 2 fully saturated rings. The van der Waals surface area contributed by atoms with Gasteiger partial charge in [0.05, 0.1) is 12.7 Å². The maximum absolute atomic E-state index is 11.5. The lowest BCUT2D eigenvalue weighted by Gasteiger charge is -2.25. The number of carbonyl (C=O) groups excluding carboxylic acids is 1. The summed E-state index contributed by atoms with van der Waals surface area (Å²) in [6, 6.07) is 0. The van der Waals surface area contributed by atoms with E-state index in [1.807, 2.05) is 0 Å². The van der Waals surface area contributed by atoms with Gasteiger partial charge >= 0.3 is 0 Å². The van der Waals surface area contributed by atoms with E-state index < -0.39 is 0 Å². The molecule has 2 N–H and O–H groups in total. The lowest BCUT2D eigenvalue weighted by Crippen LogP contribution is -2.35. The van der Waals surface area contributed by atoms with Crippen LogP contribution in [-0.4, -0.2) is 36.9 Å². The van der Waals surface area contributed by atoms with Crippen LogP contribution in [0.3, 0.4) is 0 Å². The van der Waals surface area contributed by atoms with Crippen molar-refractivity contribution in [2.24, 2.45) is 11.8 Å². The molecule has 2 rings (SSSR count). The molecule has 0 aliphatic heterocycles. The maximum atomic E-state index is 11.5. The average molecular weight is 241 g/mol. The van der Waals surface area contributed by atoms with E-state index in [1.54, 1.807) is 0 Å². The van der Waals surface area contributed by atoms with Crippen LogP contribution in [-0.2, 0) is 9.53 Å². The van der Waals surface area contributed by atoms with Crippen LogP contribution in [0.25, 0.3) is 0 Å². The summed E-state index contributed by atoms with van der Waals surface area (Å²) in [5, 5.41) is 12.4. The average Bonchev–Trinajstić information content (AvgIpc) is 3.11. The summed E-state index contributed by atoms with van der Waals surface area (Å²) in [7, 11) is 0. The van der Waals surface area contributed by atoms with Gasteiger partial charge in [0.25, 0.3) is 0 Å². The van der Waals surface area contributed by atoms with Gasteiger partial charge in [0, 0.05) is 6.54 Å². The van der Waals surface area contributed by atoms with Gasteiger partial charge in [-0.25, -0.2) is 0 Å². The van der Waals surface area contributed by atoms with Crippen molar-refractivity contribution in [3.05, 3.63) is 0 Å². The number of hydrogen-bond donors (Lipinski definition) is 2. The van der Waals surface area contributed by atoms with Gasteiger partial charge in [-0.15, -0.1) is 0 Å². The van der Waals surface area contributed by atoms with E-state index >= 15 is 0 Å². The molecule has 0 heterocycles. The Morgan fingerprint density at radius 3 is 2.76 bits per heavy atom. The minimum atomic E-state index is -0.170. The zero-order chi connectivity index (χ0) is 12.1. The van der Waals surface area contributed by atoms with E-state index in [0.29, 0.717) is 18.4 Å². The molecule has 4 heteroatoms. The Bertz CT molecular complexity index is 253. The molecule has 0 bridgehead atoms. The van der Waals surface area contributed by atoms with Crippen LogP contribution in [0.2, 0.25) is 0 Å². The Kier molecular flexibility index (Phi) is 4.80. The first-order valence-corrected chi connectivity index (χ1v) is 6.76. The minimum absolute atomic E-state index is 0.0225. The number of ether oxygens (including phenoxy) is 1. The third kappa shape index (κ3) is 5.04. The normalized spacial score (nSPS) is 29.0. The molecule has 0 aromatic heterocycles. The van der Waals surface area contributed by atoms with Crippen molar-refractivity contribution in [2.75, 3.05) is 19.8 Å². The van der Waals surface area contributed by atoms with Gasteiger partial charge in [-0.2, -0.15) is 0 Å². The van der Waals surface area contributed by atoms with Gasteiger partial charge in [-0.3, -0.25) is 4.79 Å². The highest BCUT2D eigenvalue weighted by molar-refractivity contribution is 5.77. The monoisotopic (exact) mass is 241 g/mol. The van der Waals surface area contributed by atoms with Crippen molar-refractivity contribution in [3.8, 4) is 0 Å². The predicted molar refractivity (Wildman–Crippen MR) is 64.5 cm³/mol. The molecule has 2 atom stereocenters. The van der Waals surface area contributed by atoms with Crippen LogP contribution in [0.15, 0.2) is 0 Å². The van der Waals surface area contributed by atoms with Crippen molar-refractivity contribution in [1.82, 2.24) is 5.32 Å². The summed E-state index contributed by atoms with van der Waals surface area (Å²) in [6.45, 7) is 1.60. The first-order valence-electron chi connectivity index (χ1n) is 6.76. The fraction of sp³-hybridized carbons (Fsp3) is 0.923. The van der Waals surface area contributed by atoms with Crippen LogP contribution in [0.4, 0.5) is 0 Å². The number of hydrogen-bond acceptors (Lipinski definition) is 3. The second-order valence-electron chi connectivity index (χ2n) is 5.45. The van der Waals surface area contributed by atoms with Crippen LogP contribution in [0.1, 0.15) is 38.5 Å². The Hall–Kier alpha value is -0.610. The van der Waals surface area contributed by atoms with Gasteiger partial charge in [0.1, 0.15) is 6.61 Å². The van der Waals surface area contributed by atoms with E-state index in [4.69, 9.17) is 4.74 Å².